The van der Waals surface area contributed by atoms with Gasteiger partial charge in [0.2, 0.25) is 0 Å². The Morgan fingerprint density at radius 2 is 2.10 bits per heavy atom. The van der Waals surface area contributed by atoms with E-state index in [-0.39, 0.29) is 10.9 Å². The Balaban J connectivity index is 2.14. The van der Waals surface area contributed by atoms with E-state index in [0.29, 0.717) is 24.2 Å². The maximum atomic E-state index is 11.9. The molecule has 0 spiro atoms. The normalized spacial score (nSPS) is 17.5. The van der Waals surface area contributed by atoms with Gasteiger partial charge in [0.05, 0.1) is 6.54 Å². The number of cyclic esters (lactones) is 1. The molecule has 1 saturated heterocycles. The highest BCUT2D eigenvalue weighted by Gasteiger charge is 2.35. The molecule has 1 heterocycles. The summed E-state index contributed by atoms with van der Waals surface area (Å²) >= 11 is 4.86. The van der Waals surface area contributed by atoms with Crippen molar-refractivity contribution >= 4 is 34.9 Å². The number of nitrogens with zero attached hydrogens (tertiary/aromatic N) is 2. The fraction of sp³-hybridized carbons (Fsp3) is 0.357. The van der Waals surface area contributed by atoms with Crippen LogP contribution in [0.25, 0.3) is 0 Å². The summed E-state index contributed by atoms with van der Waals surface area (Å²) in [4.78, 5) is 26.5. The van der Waals surface area contributed by atoms with Gasteiger partial charge in [-0.15, -0.1) is 0 Å². The molecule has 0 aliphatic carbocycles. The zero-order valence-electron chi connectivity index (χ0n) is 11.9. The van der Waals surface area contributed by atoms with Crippen molar-refractivity contribution in [3.63, 3.8) is 0 Å². The maximum absolute atomic E-state index is 11.9. The molecule has 1 aromatic carbocycles. The molecule has 0 bridgehead atoms. The molecule has 21 heavy (non-hydrogen) atoms. The Labute approximate surface area is 128 Å². The standard InChI is InChI=1S/C14H17N3O3S/c1-3-11(18)9-4-6-10(7-5-9)17-8-12(20-14(17)19)16(2)13(15)21/h4-7,12H,3,8H2,1-2H3,(H2,15,21)/t12-/m0/s1. The lowest BCUT2D eigenvalue weighted by Crippen LogP contribution is -2.42. The van der Waals surface area contributed by atoms with E-state index >= 15 is 0 Å². The Morgan fingerprint density at radius 3 is 2.62 bits per heavy atom. The highest BCUT2D eigenvalue weighted by molar-refractivity contribution is 7.80. The molecule has 0 aromatic heterocycles. The molecule has 2 rings (SSSR count). The second-order valence-corrected chi connectivity index (χ2v) is 5.14. The molecule has 0 unspecified atom stereocenters. The molecule has 1 aromatic rings. The smallest absolute Gasteiger partial charge is 0.416 e. The van der Waals surface area contributed by atoms with Gasteiger partial charge in [-0.3, -0.25) is 9.69 Å². The van der Waals surface area contributed by atoms with Gasteiger partial charge in [-0.25, -0.2) is 4.79 Å². The number of ketones is 1. The molecule has 1 aliphatic rings. The van der Waals surface area contributed by atoms with Crippen molar-refractivity contribution in [2.24, 2.45) is 5.73 Å². The van der Waals surface area contributed by atoms with E-state index in [0.717, 1.165) is 0 Å². The van der Waals surface area contributed by atoms with Gasteiger partial charge >= 0.3 is 6.09 Å². The van der Waals surface area contributed by atoms with E-state index in [9.17, 15) is 9.59 Å². The van der Waals surface area contributed by atoms with Crippen LogP contribution in [0.4, 0.5) is 10.5 Å². The van der Waals surface area contributed by atoms with Crippen LogP contribution in [0.1, 0.15) is 23.7 Å². The van der Waals surface area contributed by atoms with Crippen molar-refractivity contribution in [2.75, 3.05) is 18.5 Å². The lowest BCUT2D eigenvalue weighted by atomic mass is 10.1. The predicted octanol–water partition coefficient (Wildman–Crippen LogP) is 1.74. The van der Waals surface area contributed by atoms with Gasteiger partial charge in [-0.05, 0) is 36.5 Å². The molecule has 7 heteroatoms. The Bertz CT molecular complexity index is 573. The summed E-state index contributed by atoms with van der Waals surface area (Å²) in [6.07, 6.45) is -0.518. The molecule has 1 atom stereocenters. The first-order valence-corrected chi connectivity index (χ1v) is 6.98. The van der Waals surface area contributed by atoms with Crippen LogP contribution in [0.15, 0.2) is 24.3 Å². The second kappa shape index (κ2) is 6.09. The first-order valence-electron chi connectivity index (χ1n) is 6.57. The molecular formula is C14H17N3O3S. The molecule has 1 amide bonds. The first-order chi connectivity index (χ1) is 9.93. The van der Waals surface area contributed by atoms with Gasteiger partial charge in [0.1, 0.15) is 0 Å². The molecular weight excluding hydrogens is 290 g/mol. The number of likely N-dealkylation sites (N-methyl/N-ethyl adjacent to an activating group) is 1. The summed E-state index contributed by atoms with van der Waals surface area (Å²) in [5, 5.41) is 0.165. The lowest BCUT2D eigenvalue weighted by molar-refractivity contribution is 0.0790. The topological polar surface area (TPSA) is 75.9 Å². The van der Waals surface area contributed by atoms with Crippen LogP contribution in [0.2, 0.25) is 0 Å². The third-order valence-electron chi connectivity index (χ3n) is 3.40. The van der Waals surface area contributed by atoms with Crippen LogP contribution in [0.5, 0.6) is 0 Å². The summed E-state index contributed by atoms with van der Waals surface area (Å²) in [6.45, 7) is 2.14. The minimum absolute atomic E-state index is 0.0663. The van der Waals surface area contributed by atoms with Crippen molar-refractivity contribution in [3.05, 3.63) is 29.8 Å². The third-order valence-corrected chi connectivity index (χ3v) is 3.69. The molecule has 6 nitrogen and oxygen atoms in total. The van der Waals surface area contributed by atoms with Crippen LogP contribution >= 0.6 is 12.2 Å². The van der Waals surface area contributed by atoms with Crippen molar-refractivity contribution in [2.45, 2.75) is 19.6 Å². The number of rotatable bonds is 4. The zero-order valence-corrected chi connectivity index (χ0v) is 12.7. The van der Waals surface area contributed by atoms with Crippen LogP contribution < -0.4 is 10.6 Å². The molecule has 0 saturated carbocycles. The van der Waals surface area contributed by atoms with Gasteiger partial charge < -0.3 is 15.4 Å². The molecule has 0 radical (unpaired) electrons. The average Bonchev–Trinajstić information content (AvgIpc) is 2.87. The molecule has 1 fully saturated rings. The quantitative estimate of drug-likeness (QED) is 0.674. The van der Waals surface area contributed by atoms with Crippen LogP contribution in [-0.4, -0.2) is 41.7 Å². The average molecular weight is 307 g/mol. The Hall–Kier alpha value is -2.15. The highest BCUT2D eigenvalue weighted by Crippen LogP contribution is 2.23. The van der Waals surface area contributed by atoms with Gasteiger partial charge in [-0.1, -0.05) is 6.92 Å². The fourth-order valence-corrected chi connectivity index (χ4v) is 2.15. The number of hydrogen-bond donors (Lipinski definition) is 1. The van der Waals surface area contributed by atoms with E-state index in [1.54, 1.807) is 31.3 Å². The largest absolute Gasteiger partial charge is 0.423 e. The van der Waals surface area contributed by atoms with Crippen molar-refractivity contribution in [1.82, 2.24) is 4.90 Å². The summed E-state index contributed by atoms with van der Waals surface area (Å²) in [6, 6.07) is 6.87. The minimum atomic E-state index is -0.507. The molecule has 2 N–H and O–H groups in total. The monoisotopic (exact) mass is 307 g/mol. The Morgan fingerprint density at radius 1 is 1.48 bits per heavy atom. The first kappa shape index (κ1) is 15.2. The fourth-order valence-electron chi connectivity index (χ4n) is 2.03. The van der Waals surface area contributed by atoms with E-state index in [1.807, 2.05) is 6.92 Å². The van der Waals surface area contributed by atoms with Crippen molar-refractivity contribution in [3.8, 4) is 0 Å². The maximum Gasteiger partial charge on any atom is 0.416 e. The van der Waals surface area contributed by atoms with Crippen LogP contribution in [-0.2, 0) is 4.74 Å². The highest BCUT2D eigenvalue weighted by atomic mass is 32.1. The van der Waals surface area contributed by atoms with Crippen LogP contribution in [0.3, 0.4) is 0 Å². The van der Waals surface area contributed by atoms with E-state index in [2.05, 4.69) is 0 Å². The number of anilines is 1. The number of thiocarbonyl (C=S) groups is 1. The number of benzene rings is 1. The van der Waals surface area contributed by atoms with E-state index < -0.39 is 12.3 Å². The number of nitrogens with two attached hydrogens (primary N) is 1. The minimum Gasteiger partial charge on any atom is -0.423 e. The van der Waals surface area contributed by atoms with Gasteiger partial charge in [0.15, 0.2) is 17.1 Å². The van der Waals surface area contributed by atoms with E-state index in [4.69, 9.17) is 22.7 Å². The number of carbonyl (C=O) groups excluding carboxylic acids is 2. The van der Waals surface area contributed by atoms with Crippen molar-refractivity contribution in [1.29, 1.82) is 0 Å². The molecule has 1 aliphatic heterocycles. The van der Waals surface area contributed by atoms with Crippen LogP contribution in [0, 0.1) is 0 Å². The summed E-state index contributed by atoms with van der Waals surface area (Å²) < 4.78 is 5.23. The SMILES string of the molecule is CCC(=O)c1ccc(N2C[C@@H](N(C)C(N)=S)OC2=O)cc1. The number of Topliss-reactive ketones (excluding diaryl/α,β-unsaturated/α-hetero) is 1. The number of hydrogen-bond acceptors (Lipinski definition) is 4. The van der Waals surface area contributed by atoms with E-state index in [1.165, 1.54) is 9.80 Å². The summed E-state index contributed by atoms with van der Waals surface area (Å²) in [5.41, 5.74) is 6.83. The number of carbonyl (C=O) groups is 2. The van der Waals surface area contributed by atoms with Crippen molar-refractivity contribution < 1.29 is 14.3 Å². The zero-order chi connectivity index (χ0) is 15.6. The van der Waals surface area contributed by atoms with Gasteiger partial charge in [0.25, 0.3) is 0 Å². The number of amides is 1. The van der Waals surface area contributed by atoms with Gasteiger partial charge in [0, 0.05) is 24.7 Å². The summed E-state index contributed by atoms with van der Waals surface area (Å²) in [5.74, 6) is 0.0663. The lowest BCUT2D eigenvalue weighted by Gasteiger charge is -2.22. The molecule has 112 valence electrons. The third kappa shape index (κ3) is 3.13. The summed E-state index contributed by atoms with van der Waals surface area (Å²) in [7, 11) is 1.67. The predicted molar refractivity (Wildman–Crippen MR) is 83.2 cm³/mol. The second-order valence-electron chi connectivity index (χ2n) is 4.72. The van der Waals surface area contributed by atoms with Gasteiger partial charge in [-0.2, -0.15) is 0 Å². The Kier molecular flexibility index (Phi) is 4.42. The number of ether oxygens (including phenoxy) is 1.